The molecule has 32 heavy (non-hydrogen) atoms. The molecule has 4 aromatic rings. The number of pyridine rings is 1. The van der Waals surface area contributed by atoms with E-state index in [2.05, 4.69) is 74.5 Å². The summed E-state index contributed by atoms with van der Waals surface area (Å²) < 4.78 is 7.46. The van der Waals surface area contributed by atoms with Gasteiger partial charge in [0.1, 0.15) is 17.6 Å². The number of halogens is 1. The number of rotatable bonds is 5. The van der Waals surface area contributed by atoms with Gasteiger partial charge in [0, 0.05) is 22.8 Å². The van der Waals surface area contributed by atoms with Crippen molar-refractivity contribution in [3.63, 3.8) is 0 Å². The van der Waals surface area contributed by atoms with Gasteiger partial charge in [0.05, 0.1) is 11.7 Å². The summed E-state index contributed by atoms with van der Waals surface area (Å²) in [5, 5.41) is 4.18. The average molecular weight is 504 g/mol. The van der Waals surface area contributed by atoms with E-state index in [9.17, 15) is 0 Å². The first-order chi connectivity index (χ1) is 15.6. The molecule has 160 valence electrons. The number of hydrogen-bond donors (Lipinski definition) is 1. The van der Waals surface area contributed by atoms with E-state index in [1.54, 1.807) is 0 Å². The van der Waals surface area contributed by atoms with Crippen molar-refractivity contribution >= 4 is 33.3 Å². The molecule has 1 saturated heterocycles. The van der Waals surface area contributed by atoms with Crippen LogP contribution in [0.5, 0.6) is 0 Å². The fourth-order valence-electron chi connectivity index (χ4n) is 4.14. The molecule has 2 aromatic heterocycles. The zero-order valence-electron chi connectivity index (χ0n) is 17.5. The number of hydrogen-bond acceptors (Lipinski definition) is 3. The smallest absolute Gasteiger partial charge is 0.170 e. The zero-order valence-corrected chi connectivity index (χ0v) is 19.9. The van der Waals surface area contributed by atoms with Crippen LogP contribution in [0.2, 0.25) is 0 Å². The number of thiocarbonyl (C=S) groups is 1. The summed E-state index contributed by atoms with van der Waals surface area (Å²) in [4.78, 5) is 6.79. The Kier molecular flexibility index (Phi) is 5.81. The number of furan rings is 1. The number of aryl methyl sites for hydroxylation is 1. The summed E-state index contributed by atoms with van der Waals surface area (Å²) in [5.74, 6) is 1.68. The van der Waals surface area contributed by atoms with Crippen LogP contribution in [0.1, 0.15) is 34.7 Å². The lowest BCUT2D eigenvalue weighted by Crippen LogP contribution is -2.29. The van der Waals surface area contributed by atoms with Crippen LogP contribution in [-0.4, -0.2) is 15.0 Å². The third-order valence-corrected chi connectivity index (χ3v) is 6.71. The predicted molar refractivity (Wildman–Crippen MR) is 134 cm³/mol. The summed E-state index contributed by atoms with van der Waals surface area (Å²) in [6, 6.07) is 26.4. The van der Waals surface area contributed by atoms with Gasteiger partial charge in [-0.3, -0.25) is 4.98 Å². The lowest BCUT2D eigenvalue weighted by atomic mass is 10.0. The molecule has 2 aromatic carbocycles. The highest BCUT2D eigenvalue weighted by Crippen LogP contribution is 2.42. The monoisotopic (exact) mass is 503 g/mol. The standard InChI is InChI=1S/C26H22BrN3OS/c1-17-10-11-19(20(27)15-17)22-12-13-23(31-22)25-24(21-9-5-6-14-28-21)29-26(32)30(25)16-18-7-3-2-4-8-18/h2-15,24-25H,16H2,1H3,(H,29,32)/t24-,25-/m0/s1. The van der Waals surface area contributed by atoms with E-state index in [1.165, 1.54) is 11.1 Å². The number of benzene rings is 2. The molecular weight excluding hydrogens is 482 g/mol. The number of aromatic nitrogens is 1. The van der Waals surface area contributed by atoms with Crippen LogP contribution in [0.4, 0.5) is 0 Å². The summed E-state index contributed by atoms with van der Waals surface area (Å²) in [5.41, 5.74) is 4.35. The second kappa shape index (κ2) is 8.88. The van der Waals surface area contributed by atoms with E-state index in [1.807, 2.05) is 48.7 Å². The second-order valence-corrected chi connectivity index (χ2v) is 9.17. The summed E-state index contributed by atoms with van der Waals surface area (Å²) in [6.07, 6.45) is 1.81. The second-order valence-electron chi connectivity index (χ2n) is 7.93. The zero-order chi connectivity index (χ0) is 22.1. The van der Waals surface area contributed by atoms with E-state index in [0.29, 0.717) is 11.7 Å². The average Bonchev–Trinajstić information content (AvgIpc) is 3.40. The lowest BCUT2D eigenvalue weighted by Gasteiger charge is -2.26. The first kappa shape index (κ1) is 20.9. The van der Waals surface area contributed by atoms with Gasteiger partial charge < -0.3 is 14.6 Å². The van der Waals surface area contributed by atoms with Crippen molar-refractivity contribution in [2.75, 3.05) is 0 Å². The van der Waals surface area contributed by atoms with E-state index in [4.69, 9.17) is 16.6 Å². The molecule has 0 aliphatic carbocycles. The Hall–Kier alpha value is -2.96. The SMILES string of the molecule is Cc1ccc(-c2ccc([C@H]3[C@H](c4ccccn4)NC(=S)N3Cc3ccccc3)o2)c(Br)c1. The van der Waals surface area contributed by atoms with Gasteiger partial charge in [0.2, 0.25) is 0 Å². The van der Waals surface area contributed by atoms with Gasteiger partial charge in [-0.05, 0) is 66.7 Å². The summed E-state index contributed by atoms with van der Waals surface area (Å²) >= 11 is 9.44. The van der Waals surface area contributed by atoms with Crippen LogP contribution < -0.4 is 5.32 Å². The molecule has 0 bridgehead atoms. The molecule has 0 amide bonds. The summed E-state index contributed by atoms with van der Waals surface area (Å²) in [7, 11) is 0. The van der Waals surface area contributed by atoms with Crippen LogP contribution in [0.3, 0.4) is 0 Å². The van der Waals surface area contributed by atoms with Crippen LogP contribution in [0.15, 0.2) is 93.9 Å². The molecule has 0 saturated carbocycles. The van der Waals surface area contributed by atoms with Gasteiger partial charge in [0.25, 0.3) is 0 Å². The van der Waals surface area contributed by atoms with Crippen molar-refractivity contribution in [2.45, 2.75) is 25.6 Å². The lowest BCUT2D eigenvalue weighted by molar-refractivity contribution is 0.269. The Balaban J connectivity index is 1.55. The quantitative estimate of drug-likeness (QED) is 0.311. The Morgan fingerprint density at radius 3 is 2.59 bits per heavy atom. The van der Waals surface area contributed by atoms with Gasteiger partial charge in [-0.1, -0.05) is 58.4 Å². The normalized spacial score (nSPS) is 18.1. The molecule has 1 fully saturated rings. The molecule has 1 aliphatic heterocycles. The fraction of sp³-hybridized carbons (Fsp3) is 0.154. The first-order valence-corrected chi connectivity index (χ1v) is 11.7. The van der Waals surface area contributed by atoms with Crippen molar-refractivity contribution in [3.05, 3.63) is 112 Å². The molecule has 1 aliphatic rings. The van der Waals surface area contributed by atoms with E-state index in [0.717, 1.165) is 27.3 Å². The summed E-state index contributed by atoms with van der Waals surface area (Å²) in [6.45, 7) is 2.76. The van der Waals surface area contributed by atoms with E-state index >= 15 is 0 Å². The van der Waals surface area contributed by atoms with Gasteiger partial charge in [-0.15, -0.1) is 0 Å². The maximum atomic E-state index is 6.44. The molecular formula is C26H22BrN3OS. The minimum atomic E-state index is -0.115. The molecule has 1 N–H and O–H groups in total. The van der Waals surface area contributed by atoms with Gasteiger partial charge in [-0.25, -0.2) is 0 Å². The van der Waals surface area contributed by atoms with Crippen LogP contribution in [0.25, 0.3) is 11.3 Å². The molecule has 6 heteroatoms. The van der Waals surface area contributed by atoms with Crippen LogP contribution >= 0.6 is 28.1 Å². The minimum absolute atomic E-state index is 0.104. The number of nitrogens with one attached hydrogen (secondary N) is 1. The molecule has 4 nitrogen and oxygen atoms in total. The van der Waals surface area contributed by atoms with Crippen LogP contribution in [-0.2, 0) is 6.54 Å². The van der Waals surface area contributed by atoms with Crippen molar-refractivity contribution in [2.24, 2.45) is 0 Å². The van der Waals surface area contributed by atoms with E-state index in [-0.39, 0.29) is 12.1 Å². The molecule has 0 unspecified atom stereocenters. The highest BCUT2D eigenvalue weighted by atomic mass is 79.9. The van der Waals surface area contributed by atoms with Gasteiger partial charge in [-0.2, -0.15) is 0 Å². The Morgan fingerprint density at radius 2 is 1.84 bits per heavy atom. The molecule has 2 atom stereocenters. The largest absolute Gasteiger partial charge is 0.459 e. The topological polar surface area (TPSA) is 41.3 Å². The highest BCUT2D eigenvalue weighted by Gasteiger charge is 2.41. The minimum Gasteiger partial charge on any atom is -0.459 e. The maximum absolute atomic E-state index is 6.44. The highest BCUT2D eigenvalue weighted by molar-refractivity contribution is 9.10. The van der Waals surface area contributed by atoms with Gasteiger partial charge >= 0.3 is 0 Å². The third kappa shape index (κ3) is 4.08. The number of nitrogens with zero attached hydrogens (tertiary/aromatic N) is 2. The molecule has 0 spiro atoms. The Bertz CT molecular complexity index is 1240. The Labute approximate surface area is 201 Å². The van der Waals surface area contributed by atoms with Crippen molar-refractivity contribution in [1.82, 2.24) is 15.2 Å². The van der Waals surface area contributed by atoms with Crippen molar-refractivity contribution in [1.29, 1.82) is 0 Å². The van der Waals surface area contributed by atoms with E-state index < -0.39 is 0 Å². The van der Waals surface area contributed by atoms with Crippen molar-refractivity contribution < 1.29 is 4.42 Å². The molecule has 0 radical (unpaired) electrons. The molecule has 5 rings (SSSR count). The fourth-order valence-corrected chi connectivity index (χ4v) is 5.14. The Morgan fingerprint density at radius 1 is 1.03 bits per heavy atom. The van der Waals surface area contributed by atoms with Crippen LogP contribution in [0, 0.1) is 6.92 Å². The first-order valence-electron chi connectivity index (χ1n) is 10.5. The van der Waals surface area contributed by atoms with Gasteiger partial charge in [0.15, 0.2) is 5.11 Å². The predicted octanol–water partition coefficient (Wildman–Crippen LogP) is 6.59. The maximum Gasteiger partial charge on any atom is 0.170 e. The third-order valence-electron chi connectivity index (χ3n) is 5.70. The molecule has 3 heterocycles. The van der Waals surface area contributed by atoms with Crippen molar-refractivity contribution in [3.8, 4) is 11.3 Å².